The van der Waals surface area contributed by atoms with Crippen molar-refractivity contribution >= 4 is 10.8 Å². The van der Waals surface area contributed by atoms with Crippen molar-refractivity contribution in [2.45, 2.75) is 19.4 Å². The lowest BCUT2D eigenvalue weighted by atomic mass is 10.1. The summed E-state index contributed by atoms with van der Waals surface area (Å²) in [5.41, 5.74) is 1.19. The van der Waals surface area contributed by atoms with Gasteiger partial charge in [-0.1, -0.05) is 30.3 Å². The summed E-state index contributed by atoms with van der Waals surface area (Å²) < 4.78 is 1.76. The quantitative estimate of drug-likeness (QED) is 0.797. The van der Waals surface area contributed by atoms with E-state index in [1.54, 1.807) is 29.0 Å². The highest BCUT2D eigenvalue weighted by Gasteiger charge is 2.10. The van der Waals surface area contributed by atoms with Gasteiger partial charge in [0.2, 0.25) is 0 Å². The Balaban J connectivity index is 1.99. The van der Waals surface area contributed by atoms with Gasteiger partial charge in [0.05, 0.1) is 0 Å². The Bertz CT molecular complexity index is 821. The van der Waals surface area contributed by atoms with E-state index in [4.69, 9.17) is 0 Å². The molecule has 0 aliphatic carbocycles. The molecule has 1 unspecified atom stereocenters. The Labute approximate surface area is 123 Å². The van der Waals surface area contributed by atoms with Crippen molar-refractivity contribution in [2.75, 3.05) is 0 Å². The van der Waals surface area contributed by atoms with Crippen LogP contribution in [0.5, 0.6) is 5.75 Å². The van der Waals surface area contributed by atoms with Crippen molar-refractivity contribution in [3.63, 3.8) is 0 Å². The van der Waals surface area contributed by atoms with Crippen LogP contribution in [0.4, 0.5) is 0 Å². The number of benzene rings is 2. The highest BCUT2D eigenvalue weighted by Crippen LogP contribution is 2.19. The van der Waals surface area contributed by atoms with Crippen molar-refractivity contribution in [2.24, 2.45) is 0 Å². The van der Waals surface area contributed by atoms with Crippen molar-refractivity contribution in [1.29, 1.82) is 0 Å². The highest BCUT2D eigenvalue weighted by molar-refractivity contribution is 5.82. The van der Waals surface area contributed by atoms with Gasteiger partial charge in [-0.15, -0.1) is 0 Å². The lowest BCUT2D eigenvalue weighted by Crippen LogP contribution is -2.23. The van der Waals surface area contributed by atoms with Crippen molar-refractivity contribution in [3.05, 3.63) is 76.7 Å². The second kappa shape index (κ2) is 5.44. The number of pyridine rings is 1. The van der Waals surface area contributed by atoms with Crippen molar-refractivity contribution in [3.8, 4) is 5.75 Å². The number of phenolic OH excluding ortho intramolecular Hbond substituents is 1. The average molecular weight is 279 g/mol. The summed E-state index contributed by atoms with van der Waals surface area (Å²) in [5.74, 6) is 0.178. The van der Waals surface area contributed by atoms with E-state index in [9.17, 15) is 9.90 Å². The molecule has 1 heterocycles. The first kappa shape index (κ1) is 13.4. The molecule has 1 N–H and O–H groups in total. The number of aromatic nitrogens is 1. The van der Waals surface area contributed by atoms with Gasteiger partial charge < -0.3 is 9.67 Å². The molecule has 3 aromatic rings. The van der Waals surface area contributed by atoms with Crippen molar-refractivity contribution < 1.29 is 5.11 Å². The number of aromatic hydroxyl groups is 1. The molecule has 21 heavy (non-hydrogen) atoms. The van der Waals surface area contributed by atoms with Crippen LogP contribution in [0, 0.1) is 0 Å². The third kappa shape index (κ3) is 2.68. The summed E-state index contributed by atoms with van der Waals surface area (Å²) in [5, 5.41) is 10.9. The minimum Gasteiger partial charge on any atom is -0.508 e. The van der Waals surface area contributed by atoms with Crippen LogP contribution in [0.1, 0.15) is 18.5 Å². The lowest BCUT2D eigenvalue weighted by molar-refractivity contribution is 0.476. The average Bonchev–Trinajstić information content (AvgIpc) is 2.48. The van der Waals surface area contributed by atoms with E-state index in [1.807, 2.05) is 31.2 Å². The van der Waals surface area contributed by atoms with E-state index in [0.29, 0.717) is 5.39 Å². The predicted octanol–water partition coefficient (Wildman–Crippen LogP) is 3.51. The Kier molecular flexibility index (Phi) is 3.48. The fraction of sp³-hybridized carbons (Fsp3) is 0.167. The molecule has 0 saturated heterocycles. The molecule has 3 rings (SSSR count). The summed E-state index contributed by atoms with van der Waals surface area (Å²) in [6.07, 6.45) is 2.61. The standard InChI is InChI=1S/C18H17NO2/c1-13(11-14-5-3-2-4-6-14)19-10-9-15-12-16(20)7-8-17(15)18(19)21/h2-10,12-13,20H,11H2,1H3. The van der Waals surface area contributed by atoms with E-state index in [1.165, 1.54) is 5.56 Å². The normalized spacial score (nSPS) is 12.4. The zero-order valence-electron chi connectivity index (χ0n) is 11.9. The van der Waals surface area contributed by atoms with Gasteiger partial charge in [-0.05, 0) is 48.6 Å². The molecule has 0 spiro atoms. The largest absolute Gasteiger partial charge is 0.508 e. The highest BCUT2D eigenvalue weighted by atomic mass is 16.3. The first-order chi connectivity index (χ1) is 10.1. The molecule has 0 fully saturated rings. The third-order valence-corrected chi connectivity index (χ3v) is 3.76. The van der Waals surface area contributed by atoms with Gasteiger partial charge in [0, 0.05) is 17.6 Å². The molecular weight excluding hydrogens is 262 g/mol. The Morgan fingerprint density at radius 3 is 2.62 bits per heavy atom. The maximum atomic E-state index is 12.6. The van der Waals surface area contributed by atoms with Crippen LogP contribution in [0.25, 0.3) is 10.8 Å². The number of hydrogen-bond acceptors (Lipinski definition) is 2. The van der Waals surface area contributed by atoms with Crippen LogP contribution in [-0.4, -0.2) is 9.67 Å². The summed E-state index contributed by atoms with van der Waals surface area (Å²) in [6, 6.07) is 16.9. The van der Waals surface area contributed by atoms with E-state index in [0.717, 1.165) is 11.8 Å². The van der Waals surface area contributed by atoms with Gasteiger partial charge >= 0.3 is 0 Å². The van der Waals surface area contributed by atoms with Crippen molar-refractivity contribution in [1.82, 2.24) is 4.57 Å². The molecule has 1 atom stereocenters. The molecule has 3 nitrogen and oxygen atoms in total. The molecule has 3 heteroatoms. The van der Waals surface area contributed by atoms with Gasteiger partial charge in [0.1, 0.15) is 5.75 Å². The number of rotatable bonds is 3. The smallest absolute Gasteiger partial charge is 0.258 e. The Hall–Kier alpha value is -2.55. The molecule has 0 aliphatic heterocycles. The van der Waals surface area contributed by atoms with Gasteiger partial charge in [0.25, 0.3) is 5.56 Å². The maximum Gasteiger partial charge on any atom is 0.258 e. The van der Waals surface area contributed by atoms with Gasteiger partial charge in [-0.3, -0.25) is 4.79 Å². The molecule has 0 amide bonds. The van der Waals surface area contributed by atoms with Crippen LogP contribution in [-0.2, 0) is 6.42 Å². The SMILES string of the molecule is CC(Cc1ccccc1)n1ccc2cc(O)ccc2c1=O. The van der Waals surface area contributed by atoms with Crippen LogP contribution in [0.15, 0.2) is 65.6 Å². The predicted molar refractivity (Wildman–Crippen MR) is 84.7 cm³/mol. The monoisotopic (exact) mass is 279 g/mol. The van der Waals surface area contributed by atoms with E-state index in [-0.39, 0.29) is 17.4 Å². The molecule has 0 saturated carbocycles. The van der Waals surface area contributed by atoms with E-state index >= 15 is 0 Å². The Morgan fingerprint density at radius 1 is 1.10 bits per heavy atom. The molecule has 0 aliphatic rings. The molecule has 0 radical (unpaired) electrons. The third-order valence-electron chi connectivity index (χ3n) is 3.76. The number of phenols is 1. The number of hydrogen-bond donors (Lipinski definition) is 1. The van der Waals surface area contributed by atoms with E-state index in [2.05, 4.69) is 12.1 Å². The van der Waals surface area contributed by atoms with Gasteiger partial charge in [0.15, 0.2) is 0 Å². The molecule has 2 aromatic carbocycles. The topological polar surface area (TPSA) is 42.2 Å². The minimum absolute atomic E-state index is 0.0177. The summed E-state index contributed by atoms with van der Waals surface area (Å²) in [6.45, 7) is 2.04. The summed E-state index contributed by atoms with van der Waals surface area (Å²) in [7, 11) is 0. The second-order valence-corrected chi connectivity index (χ2v) is 5.34. The van der Waals surface area contributed by atoms with Crippen LogP contribution in [0.3, 0.4) is 0 Å². The summed E-state index contributed by atoms with van der Waals surface area (Å²) in [4.78, 5) is 12.6. The molecule has 1 aromatic heterocycles. The van der Waals surface area contributed by atoms with E-state index < -0.39 is 0 Å². The van der Waals surface area contributed by atoms with Gasteiger partial charge in [-0.25, -0.2) is 0 Å². The molecule has 106 valence electrons. The zero-order valence-corrected chi connectivity index (χ0v) is 11.9. The number of fused-ring (bicyclic) bond motifs is 1. The second-order valence-electron chi connectivity index (χ2n) is 5.34. The lowest BCUT2D eigenvalue weighted by Gasteiger charge is -2.16. The first-order valence-corrected chi connectivity index (χ1v) is 7.03. The van der Waals surface area contributed by atoms with Crippen LogP contribution >= 0.6 is 0 Å². The van der Waals surface area contributed by atoms with Crippen LogP contribution in [0.2, 0.25) is 0 Å². The van der Waals surface area contributed by atoms with Gasteiger partial charge in [-0.2, -0.15) is 0 Å². The zero-order chi connectivity index (χ0) is 14.8. The minimum atomic E-state index is -0.0177. The fourth-order valence-electron chi connectivity index (χ4n) is 2.65. The number of nitrogens with zero attached hydrogens (tertiary/aromatic N) is 1. The molecular formula is C18H17NO2. The molecule has 0 bridgehead atoms. The van der Waals surface area contributed by atoms with Crippen LogP contribution < -0.4 is 5.56 Å². The Morgan fingerprint density at radius 2 is 1.86 bits per heavy atom. The maximum absolute atomic E-state index is 12.6. The summed E-state index contributed by atoms with van der Waals surface area (Å²) >= 11 is 0. The fourth-order valence-corrected chi connectivity index (χ4v) is 2.65. The first-order valence-electron chi connectivity index (χ1n) is 7.03.